The third-order valence-corrected chi connectivity index (χ3v) is 9.39. The second kappa shape index (κ2) is 22.7. The van der Waals surface area contributed by atoms with Gasteiger partial charge in [0.2, 0.25) is 0 Å². The molecule has 0 aliphatic heterocycles. The van der Waals surface area contributed by atoms with E-state index in [4.69, 9.17) is 27.9 Å². The first-order valence-electron chi connectivity index (χ1n) is 18.0. The number of benzene rings is 6. The van der Waals surface area contributed by atoms with Crippen LogP contribution in [0.5, 0.6) is 0 Å². The van der Waals surface area contributed by atoms with Crippen LogP contribution in [0.2, 0.25) is 0 Å². The molecule has 0 radical (unpaired) electrons. The van der Waals surface area contributed by atoms with Gasteiger partial charge in [-0.15, -0.1) is 0 Å². The van der Waals surface area contributed by atoms with Gasteiger partial charge in [-0.3, -0.25) is 9.59 Å². The molecule has 0 aromatic heterocycles. The van der Waals surface area contributed by atoms with E-state index in [-0.39, 0.29) is 11.8 Å². The fourth-order valence-electron chi connectivity index (χ4n) is 5.95. The van der Waals surface area contributed by atoms with Gasteiger partial charge in [0.1, 0.15) is 0 Å². The van der Waals surface area contributed by atoms with Crippen molar-refractivity contribution in [3.63, 3.8) is 0 Å². The quantitative estimate of drug-likeness (QED) is 0.129. The Morgan fingerprint density at radius 3 is 1.00 bits per heavy atom. The Morgan fingerprint density at radius 1 is 0.446 bits per heavy atom. The number of hydrogen-bond donors (Lipinski definition) is 2. The van der Waals surface area contributed by atoms with E-state index >= 15 is 0 Å². The van der Waals surface area contributed by atoms with Crippen LogP contribution in [0, 0.1) is 34.6 Å². The van der Waals surface area contributed by atoms with Crippen molar-refractivity contribution in [2.24, 2.45) is 0 Å². The van der Waals surface area contributed by atoms with Crippen molar-refractivity contribution in [2.45, 2.75) is 34.6 Å². The summed E-state index contributed by atoms with van der Waals surface area (Å²) >= 11 is -1.92. The monoisotopic (exact) mass is 834 g/mol. The summed E-state index contributed by atoms with van der Waals surface area (Å²) < 4.78 is 0. The van der Waals surface area contributed by atoms with Crippen LogP contribution < -0.4 is 10.6 Å². The molecule has 284 valence electrons. The first kappa shape index (κ1) is 43.9. The summed E-state index contributed by atoms with van der Waals surface area (Å²) in [6.07, 6.45) is 0. The molecule has 0 saturated heterocycles. The molecule has 0 atom stereocenters. The zero-order chi connectivity index (χ0) is 40.5. The third kappa shape index (κ3) is 13.2. The van der Waals surface area contributed by atoms with Crippen molar-refractivity contribution in [3.8, 4) is 22.3 Å². The Balaban J connectivity index is 0.000000188. The molecule has 0 fully saturated rings. The standard InChI is InChI=1S/2C19H15NO.C10H15.3ClH.Ti/c2*21-19(20-16-11-5-2-6-12-16)18-14-8-7-13-17(18)15-9-3-1-4-10-15;1-6-7(2)9(4)10(5)8(6)3;;;;/h2*1-14H,(H,20,21);1-5H3;3*1H;/q;;-1;;;;+4/p-3. The second-order valence-corrected chi connectivity index (χ2v) is 20.5. The maximum atomic E-state index is 12.5. The van der Waals surface area contributed by atoms with E-state index in [1.165, 1.54) is 27.8 Å². The summed E-state index contributed by atoms with van der Waals surface area (Å²) in [5.41, 5.74) is 14.2. The number of halogens is 3. The van der Waals surface area contributed by atoms with Crippen LogP contribution in [-0.2, 0) is 14.7 Å². The molecule has 8 heteroatoms. The molecule has 2 amide bonds. The van der Waals surface area contributed by atoms with Gasteiger partial charge in [0.05, 0.1) is 0 Å². The number of hydrogen-bond acceptors (Lipinski definition) is 2. The minimum atomic E-state index is -1.92. The zero-order valence-electron chi connectivity index (χ0n) is 32.1. The first-order chi connectivity index (χ1) is 27.0. The van der Waals surface area contributed by atoms with Crippen LogP contribution >= 0.6 is 27.9 Å². The summed E-state index contributed by atoms with van der Waals surface area (Å²) in [6, 6.07) is 54.1. The van der Waals surface area contributed by atoms with Crippen molar-refractivity contribution in [2.75, 3.05) is 10.6 Å². The Bertz CT molecular complexity index is 2060. The fraction of sp³-hybridized carbons (Fsp3) is 0.104. The van der Waals surface area contributed by atoms with Crippen molar-refractivity contribution in [3.05, 3.63) is 209 Å². The van der Waals surface area contributed by atoms with Crippen molar-refractivity contribution < 1.29 is 24.3 Å². The summed E-state index contributed by atoms with van der Waals surface area (Å²) in [5.74, 6) is -0.193. The van der Waals surface area contributed by atoms with Crippen LogP contribution in [0.25, 0.3) is 22.3 Å². The maximum absolute atomic E-state index is 12.5. The Labute approximate surface area is 349 Å². The molecule has 2 N–H and O–H groups in total. The molecule has 0 spiro atoms. The molecular formula is C48H45Cl3N2O2Ti. The summed E-state index contributed by atoms with van der Waals surface area (Å²) in [4.78, 5) is 25.0. The number of para-hydroxylation sites is 2. The summed E-state index contributed by atoms with van der Waals surface area (Å²) in [7, 11) is 14.9. The van der Waals surface area contributed by atoms with Gasteiger partial charge in [-0.05, 0) is 58.7 Å². The number of nitrogens with one attached hydrogen (secondary N) is 2. The fourth-order valence-corrected chi connectivity index (χ4v) is 5.95. The van der Waals surface area contributed by atoms with Crippen molar-refractivity contribution >= 4 is 51.1 Å². The molecule has 0 aliphatic carbocycles. The Morgan fingerprint density at radius 2 is 0.714 bits per heavy atom. The SMILES string of the molecule is Cc1c(C)c(C)[c-](C)c1C.O=C(Nc1ccccc1)c1ccccc1-c1ccccc1.O=C(Nc1ccccc1)c1ccccc1-c1ccccc1.[Cl][Ti+]([Cl])[Cl]. The second-order valence-electron chi connectivity index (χ2n) is 12.8. The summed E-state index contributed by atoms with van der Waals surface area (Å²) in [5, 5.41) is 5.86. The number of rotatable bonds is 6. The molecule has 0 unspecified atom stereocenters. The van der Waals surface area contributed by atoms with Gasteiger partial charge in [0, 0.05) is 22.5 Å². The van der Waals surface area contributed by atoms with E-state index in [1.54, 1.807) is 0 Å². The minimum absolute atomic E-state index is 0.0966. The van der Waals surface area contributed by atoms with Crippen LogP contribution in [-0.4, -0.2) is 11.8 Å². The van der Waals surface area contributed by atoms with Crippen molar-refractivity contribution in [1.29, 1.82) is 0 Å². The Hall–Kier alpha value is -4.81. The molecule has 0 heterocycles. The van der Waals surface area contributed by atoms with Gasteiger partial charge in [0.15, 0.2) is 0 Å². The van der Waals surface area contributed by atoms with Gasteiger partial charge >= 0.3 is 42.6 Å². The first-order valence-corrected chi connectivity index (χ1v) is 24.5. The number of carbonyl (C=O) groups is 2. The zero-order valence-corrected chi connectivity index (χ0v) is 35.9. The van der Waals surface area contributed by atoms with Gasteiger partial charge in [-0.1, -0.05) is 168 Å². The number of carbonyl (C=O) groups excluding carboxylic acids is 2. The van der Waals surface area contributed by atoms with E-state index in [9.17, 15) is 9.59 Å². The van der Waals surface area contributed by atoms with Gasteiger partial charge in [-0.2, -0.15) is 27.8 Å². The van der Waals surface area contributed by atoms with Gasteiger partial charge in [0.25, 0.3) is 11.8 Å². The van der Waals surface area contributed by atoms with Crippen LogP contribution in [0.1, 0.15) is 48.5 Å². The third-order valence-electron chi connectivity index (χ3n) is 9.39. The predicted octanol–water partition coefficient (Wildman–Crippen LogP) is 14.2. The van der Waals surface area contributed by atoms with E-state index in [0.29, 0.717) is 11.1 Å². The predicted molar refractivity (Wildman–Crippen MR) is 236 cm³/mol. The molecule has 0 saturated carbocycles. The average Bonchev–Trinajstić information content (AvgIpc) is 3.39. The topological polar surface area (TPSA) is 58.2 Å². The molecule has 56 heavy (non-hydrogen) atoms. The molecule has 7 aromatic rings. The molecule has 4 nitrogen and oxygen atoms in total. The van der Waals surface area contributed by atoms with E-state index in [0.717, 1.165) is 33.6 Å². The average molecular weight is 836 g/mol. The molecule has 7 aromatic carbocycles. The number of amides is 2. The van der Waals surface area contributed by atoms with Gasteiger partial charge in [-0.25, -0.2) is 0 Å². The molecular weight excluding hydrogens is 791 g/mol. The van der Waals surface area contributed by atoms with E-state index < -0.39 is 14.7 Å². The van der Waals surface area contributed by atoms with Crippen LogP contribution in [0.15, 0.2) is 170 Å². The Kier molecular flexibility index (Phi) is 17.8. The number of anilines is 2. The van der Waals surface area contributed by atoms with Crippen LogP contribution in [0.4, 0.5) is 11.4 Å². The van der Waals surface area contributed by atoms with Gasteiger partial charge < -0.3 is 10.6 Å². The van der Waals surface area contributed by atoms with E-state index in [2.05, 4.69) is 45.3 Å². The van der Waals surface area contributed by atoms with Crippen molar-refractivity contribution in [1.82, 2.24) is 0 Å². The molecule has 7 rings (SSSR count). The summed E-state index contributed by atoms with van der Waals surface area (Å²) in [6.45, 7) is 11.0. The molecule has 0 aliphatic rings. The van der Waals surface area contributed by atoms with Crippen LogP contribution in [0.3, 0.4) is 0 Å². The molecule has 0 bridgehead atoms. The normalized spacial score (nSPS) is 9.93. The van der Waals surface area contributed by atoms with E-state index in [1.807, 2.05) is 170 Å².